The molecule has 2 amide bonds. The van der Waals surface area contributed by atoms with Crippen molar-refractivity contribution in [3.8, 4) is 5.75 Å². The molecule has 2 atom stereocenters. The van der Waals surface area contributed by atoms with Crippen molar-refractivity contribution >= 4 is 23.3 Å². The van der Waals surface area contributed by atoms with Gasteiger partial charge in [-0.3, -0.25) is 14.4 Å². The van der Waals surface area contributed by atoms with Crippen LogP contribution in [-0.4, -0.2) is 24.2 Å². The van der Waals surface area contributed by atoms with Crippen LogP contribution in [0.2, 0.25) is 0 Å². The second-order valence-corrected chi connectivity index (χ2v) is 8.22. The van der Waals surface area contributed by atoms with Crippen LogP contribution in [0.4, 0.5) is 5.69 Å². The van der Waals surface area contributed by atoms with E-state index in [2.05, 4.69) is 0 Å². The maximum Gasteiger partial charge on any atom is 0.238 e. The van der Waals surface area contributed by atoms with Crippen LogP contribution in [0, 0.1) is 25.7 Å². The molecule has 1 aliphatic heterocycles. The number of rotatable bonds is 5. The first-order valence-corrected chi connectivity index (χ1v) is 10.2. The number of allylic oxidation sites excluding steroid dienone is 2. The van der Waals surface area contributed by atoms with E-state index in [1.807, 2.05) is 39.0 Å². The number of carbonyl (C=O) groups excluding carboxylic acids is 3. The number of hydrogen-bond acceptors (Lipinski definition) is 4. The molecule has 1 saturated heterocycles. The van der Waals surface area contributed by atoms with Crippen molar-refractivity contribution in [2.75, 3.05) is 11.5 Å². The van der Waals surface area contributed by atoms with Gasteiger partial charge >= 0.3 is 0 Å². The molecule has 1 fully saturated rings. The predicted octanol–water partition coefficient (Wildman–Crippen LogP) is 4.41. The maximum absolute atomic E-state index is 12.9. The van der Waals surface area contributed by atoms with E-state index in [1.165, 1.54) is 4.90 Å². The fourth-order valence-electron chi connectivity index (χ4n) is 4.15. The Balaban J connectivity index is 1.48. The van der Waals surface area contributed by atoms with Crippen molar-refractivity contribution in [1.82, 2.24) is 0 Å². The number of fused-ring (bicyclic) bond motifs is 1. The summed E-state index contributed by atoms with van der Waals surface area (Å²) in [5, 5.41) is 0. The van der Waals surface area contributed by atoms with Gasteiger partial charge in [-0.15, -0.1) is 0 Å². The number of anilines is 1. The summed E-state index contributed by atoms with van der Waals surface area (Å²) in [4.78, 5) is 39.5. The Bertz CT molecular complexity index is 1070. The lowest BCUT2D eigenvalue weighted by Crippen LogP contribution is -2.30. The SMILES string of the molecule is CC1=CC[C@H]2C(=O)N(c3cccc(OCC(=O)c4ccc(C)c(C)c4)c3)C(=O)[C@H]2C1. The predicted molar refractivity (Wildman–Crippen MR) is 115 cm³/mol. The fraction of sp³-hybridized carbons (Fsp3) is 0.320. The number of carbonyl (C=O) groups is 3. The first kappa shape index (κ1) is 20.1. The lowest BCUT2D eigenvalue weighted by atomic mass is 9.82. The first-order valence-electron chi connectivity index (χ1n) is 10.2. The Hall–Kier alpha value is -3.21. The summed E-state index contributed by atoms with van der Waals surface area (Å²) in [6, 6.07) is 12.4. The summed E-state index contributed by atoms with van der Waals surface area (Å²) >= 11 is 0. The summed E-state index contributed by atoms with van der Waals surface area (Å²) in [6.45, 7) is 5.86. The first-order chi connectivity index (χ1) is 14.3. The molecule has 0 N–H and O–H groups in total. The highest BCUT2D eigenvalue weighted by Gasteiger charge is 2.48. The second-order valence-electron chi connectivity index (χ2n) is 8.22. The van der Waals surface area contributed by atoms with Crippen molar-refractivity contribution in [2.45, 2.75) is 33.6 Å². The Labute approximate surface area is 176 Å². The zero-order chi connectivity index (χ0) is 21.4. The molecule has 0 radical (unpaired) electrons. The van der Waals surface area contributed by atoms with E-state index in [4.69, 9.17) is 4.74 Å². The van der Waals surface area contributed by atoms with Gasteiger partial charge in [0, 0.05) is 11.6 Å². The number of ether oxygens (including phenoxy) is 1. The Morgan fingerprint density at radius 1 is 1.00 bits per heavy atom. The molecule has 0 aromatic heterocycles. The zero-order valence-electron chi connectivity index (χ0n) is 17.5. The quantitative estimate of drug-likeness (QED) is 0.421. The lowest BCUT2D eigenvalue weighted by molar-refractivity contribution is -0.122. The van der Waals surface area contributed by atoms with Crippen LogP contribution < -0.4 is 9.64 Å². The van der Waals surface area contributed by atoms with Gasteiger partial charge in [0.2, 0.25) is 11.8 Å². The minimum Gasteiger partial charge on any atom is -0.485 e. The van der Waals surface area contributed by atoms with E-state index >= 15 is 0 Å². The van der Waals surface area contributed by atoms with Crippen molar-refractivity contribution < 1.29 is 19.1 Å². The van der Waals surface area contributed by atoms with Crippen LogP contribution in [0.15, 0.2) is 54.1 Å². The molecular formula is C25H25NO4. The monoisotopic (exact) mass is 403 g/mol. The zero-order valence-corrected chi connectivity index (χ0v) is 17.5. The third-order valence-corrected chi connectivity index (χ3v) is 6.10. The van der Waals surface area contributed by atoms with E-state index in [-0.39, 0.29) is 36.0 Å². The van der Waals surface area contributed by atoms with E-state index in [1.54, 1.807) is 30.3 Å². The summed E-state index contributed by atoms with van der Waals surface area (Å²) in [5.74, 6) is -0.535. The fourth-order valence-corrected chi connectivity index (χ4v) is 4.15. The average molecular weight is 403 g/mol. The van der Waals surface area contributed by atoms with Crippen molar-refractivity contribution in [3.05, 3.63) is 70.8 Å². The molecule has 2 aliphatic rings. The molecule has 2 aromatic carbocycles. The maximum atomic E-state index is 12.9. The number of ketones is 1. The lowest BCUT2D eigenvalue weighted by Gasteiger charge is -2.18. The highest BCUT2D eigenvalue weighted by Crippen LogP contribution is 2.40. The van der Waals surface area contributed by atoms with Crippen LogP contribution in [0.25, 0.3) is 0 Å². The summed E-state index contributed by atoms with van der Waals surface area (Å²) in [5.41, 5.74) is 4.44. The number of Topliss-reactive ketones (excluding diaryl/α,β-unsaturated/α-hetero) is 1. The number of aryl methyl sites for hydroxylation is 2. The Morgan fingerprint density at radius 2 is 1.77 bits per heavy atom. The second kappa shape index (κ2) is 7.90. The van der Waals surface area contributed by atoms with Crippen LogP contribution in [0.1, 0.15) is 41.3 Å². The highest BCUT2D eigenvalue weighted by atomic mass is 16.5. The molecule has 0 saturated carbocycles. The minimum atomic E-state index is -0.280. The number of amides is 2. The van der Waals surface area contributed by atoms with E-state index in [0.29, 0.717) is 29.8 Å². The molecular weight excluding hydrogens is 378 g/mol. The van der Waals surface area contributed by atoms with Gasteiger partial charge in [0.15, 0.2) is 12.4 Å². The summed E-state index contributed by atoms with van der Waals surface area (Å²) in [6.07, 6.45) is 3.29. The van der Waals surface area contributed by atoms with Gasteiger partial charge in [-0.2, -0.15) is 0 Å². The van der Waals surface area contributed by atoms with Gasteiger partial charge < -0.3 is 4.74 Å². The van der Waals surface area contributed by atoms with Crippen molar-refractivity contribution in [3.63, 3.8) is 0 Å². The van der Waals surface area contributed by atoms with Gasteiger partial charge in [0.25, 0.3) is 0 Å². The Kier molecular flexibility index (Phi) is 5.29. The van der Waals surface area contributed by atoms with Crippen molar-refractivity contribution in [1.29, 1.82) is 0 Å². The molecule has 1 heterocycles. The molecule has 5 nitrogen and oxygen atoms in total. The topological polar surface area (TPSA) is 63.7 Å². The average Bonchev–Trinajstić information content (AvgIpc) is 2.98. The largest absolute Gasteiger partial charge is 0.485 e. The van der Waals surface area contributed by atoms with Crippen molar-refractivity contribution in [2.24, 2.45) is 11.8 Å². The molecule has 30 heavy (non-hydrogen) atoms. The molecule has 4 rings (SSSR count). The number of nitrogens with zero attached hydrogens (tertiary/aromatic N) is 1. The highest BCUT2D eigenvalue weighted by molar-refractivity contribution is 6.22. The van der Waals surface area contributed by atoms with Crippen LogP contribution in [0.3, 0.4) is 0 Å². The third kappa shape index (κ3) is 3.67. The third-order valence-electron chi connectivity index (χ3n) is 6.10. The Morgan fingerprint density at radius 3 is 2.53 bits per heavy atom. The molecule has 154 valence electrons. The molecule has 2 aromatic rings. The summed E-state index contributed by atoms with van der Waals surface area (Å²) < 4.78 is 5.69. The molecule has 0 spiro atoms. The smallest absolute Gasteiger partial charge is 0.238 e. The normalized spacial score (nSPS) is 20.8. The number of benzene rings is 2. The van der Waals surface area contributed by atoms with Gasteiger partial charge in [-0.25, -0.2) is 4.90 Å². The number of hydrogen-bond donors (Lipinski definition) is 0. The van der Waals surface area contributed by atoms with E-state index in [9.17, 15) is 14.4 Å². The molecule has 1 aliphatic carbocycles. The summed E-state index contributed by atoms with van der Waals surface area (Å²) in [7, 11) is 0. The van der Waals surface area contributed by atoms with Gasteiger partial charge in [-0.05, 0) is 62.9 Å². The van der Waals surface area contributed by atoms with Crippen LogP contribution >= 0.6 is 0 Å². The van der Waals surface area contributed by atoms with E-state index in [0.717, 1.165) is 16.7 Å². The van der Waals surface area contributed by atoms with Gasteiger partial charge in [0.05, 0.1) is 17.5 Å². The standard InChI is InChI=1S/C25H25NO4/c1-15-7-10-21-22(11-15)25(29)26(24(21)28)19-5-4-6-20(13-19)30-14-23(27)18-9-8-16(2)17(3)12-18/h4-9,12-13,21-22H,10-11,14H2,1-3H3/t21-,22+/m1/s1. The van der Waals surface area contributed by atoms with Gasteiger partial charge in [-0.1, -0.05) is 29.8 Å². The van der Waals surface area contributed by atoms with E-state index < -0.39 is 0 Å². The molecule has 0 bridgehead atoms. The van der Waals surface area contributed by atoms with Crippen LogP contribution in [0.5, 0.6) is 5.75 Å². The minimum absolute atomic E-state index is 0.109. The van der Waals surface area contributed by atoms with Crippen LogP contribution in [-0.2, 0) is 9.59 Å². The number of imide groups is 1. The molecule has 0 unspecified atom stereocenters. The van der Waals surface area contributed by atoms with Gasteiger partial charge in [0.1, 0.15) is 5.75 Å². The molecule has 5 heteroatoms.